The van der Waals surface area contributed by atoms with Crippen molar-refractivity contribution in [1.29, 1.82) is 0 Å². The Morgan fingerprint density at radius 1 is 1.32 bits per heavy atom. The number of hydrogen-bond donors (Lipinski definition) is 1. The lowest BCUT2D eigenvalue weighted by molar-refractivity contribution is 0.145. The van der Waals surface area contributed by atoms with Crippen LogP contribution in [0.5, 0.6) is 0 Å². The molecular weight excluding hydrogens is 467 g/mol. The third-order valence-electron chi connectivity index (χ3n) is 5.76. The van der Waals surface area contributed by atoms with Gasteiger partial charge in [0, 0.05) is 58.3 Å². The summed E-state index contributed by atoms with van der Waals surface area (Å²) in [5.74, 6) is 1.70. The second kappa shape index (κ2) is 12.0. The van der Waals surface area contributed by atoms with Crippen LogP contribution in [-0.4, -0.2) is 84.3 Å². The molecule has 1 aromatic heterocycles. The van der Waals surface area contributed by atoms with Crippen molar-refractivity contribution in [3.05, 3.63) is 18.7 Å². The standard InChI is InChI=1S/C20H36N6O.HI/c1-4-22-20(23-9-12-24(13-14-27-3)18-5-6-18)25-10-7-17(2)19(15-25)26-11-8-21-16-26;/h8,11,16-19H,4-7,9-10,12-15H2,1-3H3,(H,22,23);1H. The third kappa shape index (κ3) is 6.59. The molecule has 0 bridgehead atoms. The fourth-order valence-corrected chi connectivity index (χ4v) is 3.93. The van der Waals surface area contributed by atoms with Gasteiger partial charge in [0.25, 0.3) is 0 Å². The van der Waals surface area contributed by atoms with Gasteiger partial charge < -0.3 is 19.5 Å². The van der Waals surface area contributed by atoms with Gasteiger partial charge in [0.05, 0.1) is 25.5 Å². The lowest BCUT2D eigenvalue weighted by Gasteiger charge is -2.39. The number of nitrogens with zero attached hydrogens (tertiary/aromatic N) is 5. The molecule has 1 aliphatic carbocycles. The quantitative estimate of drug-likeness (QED) is 0.318. The Balaban J connectivity index is 0.00000280. The molecule has 2 aliphatic rings. The fourth-order valence-electron chi connectivity index (χ4n) is 3.93. The summed E-state index contributed by atoms with van der Waals surface area (Å²) in [5, 5.41) is 3.50. The molecule has 1 saturated carbocycles. The summed E-state index contributed by atoms with van der Waals surface area (Å²) in [6.45, 7) is 11.1. The van der Waals surface area contributed by atoms with Gasteiger partial charge in [-0.25, -0.2) is 4.98 Å². The van der Waals surface area contributed by atoms with Crippen LogP contribution < -0.4 is 5.32 Å². The number of likely N-dealkylation sites (tertiary alicyclic amines) is 1. The highest BCUT2D eigenvalue weighted by molar-refractivity contribution is 14.0. The molecule has 2 unspecified atom stereocenters. The monoisotopic (exact) mass is 504 g/mol. The number of halogens is 1. The highest BCUT2D eigenvalue weighted by Crippen LogP contribution is 2.28. The molecule has 3 rings (SSSR count). The molecule has 0 spiro atoms. The van der Waals surface area contributed by atoms with Gasteiger partial charge in [-0.15, -0.1) is 24.0 Å². The minimum Gasteiger partial charge on any atom is -0.383 e. The number of nitrogens with one attached hydrogen (secondary N) is 1. The SMILES string of the molecule is CCNC(=NCCN(CCOC)C1CC1)N1CCC(C)C(n2ccnc2)C1.I. The van der Waals surface area contributed by atoms with Crippen molar-refractivity contribution in [3.63, 3.8) is 0 Å². The molecule has 0 radical (unpaired) electrons. The fraction of sp³-hybridized carbons (Fsp3) is 0.800. The number of hydrogen-bond acceptors (Lipinski definition) is 4. The zero-order chi connectivity index (χ0) is 19.1. The van der Waals surface area contributed by atoms with Crippen molar-refractivity contribution < 1.29 is 4.74 Å². The van der Waals surface area contributed by atoms with Crippen LogP contribution in [0.3, 0.4) is 0 Å². The molecule has 2 fully saturated rings. The number of piperidine rings is 1. The number of ether oxygens (including phenoxy) is 1. The molecule has 0 amide bonds. The summed E-state index contributed by atoms with van der Waals surface area (Å²) >= 11 is 0. The van der Waals surface area contributed by atoms with E-state index >= 15 is 0 Å². The maximum absolute atomic E-state index is 5.26. The molecule has 2 atom stereocenters. The number of guanidine groups is 1. The largest absolute Gasteiger partial charge is 0.383 e. The lowest BCUT2D eigenvalue weighted by Crippen LogP contribution is -2.49. The molecule has 7 nitrogen and oxygen atoms in total. The number of aliphatic imine (C=N–C) groups is 1. The van der Waals surface area contributed by atoms with Crippen molar-refractivity contribution >= 4 is 29.9 Å². The van der Waals surface area contributed by atoms with E-state index < -0.39 is 0 Å². The number of methoxy groups -OCH3 is 1. The van der Waals surface area contributed by atoms with E-state index in [4.69, 9.17) is 9.73 Å². The van der Waals surface area contributed by atoms with Crippen LogP contribution in [0.25, 0.3) is 0 Å². The van der Waals surface area contributed by atoms with E-state index in [1.807, 2.05) is 12.5 Å². The van der Waals surface area contributed by atoms with E-state index in [-0.39, 0.29) is 24.0 Å². The topological polar surface area (TPSA) is 57.9 Å². The van der Waals surface area contributed by atoms with Crippen LogP contribution in [0, 0.1) is 5.92 Å². The van der Waals surface area contributed by atoms with Gasteiger partial charge >= 0.3 is 0 Å². The first-order chi connectivity index (χ1) is 13.2. The zero-order valence-electron chi connectivity index (χ0n) is 17.6. The van der Waals surface area contributed by atoms with Crippen molar-refractivity contribution in [1.82, 2.24) is 24.7 Å². The molecule has 8 heteroatoms. The predicted molar refractivity (Wildman–Crippen MR) is 124 cm³/mol. The first-order valence-electron chi connectivity index (χ1n) is 10.5. The summed E-state index contributed by atoms with van der Waals surface area (Å²) in [6.07, 6.45) is 9.72. The molecule has 2 heterocycles. The Morgan fingerprint density at radius 3 is 2.79 bits per heavy atom. The molecule has 28 heavy (non-hydrogen) atoms. The van der Waals surface area contributed by atoms with E-state index in [1.54, 1.807) is 7.11 Å². The van der Waals surface area contributed by atoms with E-state index in [2.05, 4.69) is 44.7 Å². The molecule has 1 N–H and O–H groups in total. The summed E-state index contributed by atoms with van der Waals surface area (Å²) < 4.78 is 7.51. The van der Waals surface area contributed by atoms with Gasteiger partial charge in [0.15, 0.2) is 5.96 Å². The van der Waals surface area contributed by atoms with Crippen LogP contribution in [0.2, 0.25) is 0 Å². The van der Waals surface area contributed by atoms with Gasteiger partial charge in [-0.1, -0.05) is 6.92 Å². The van der Waals surface area contributed by atoms with Crippen molar-refractivity contribution in [2.75, 3.05) is 53.0 Å². The van der Waals surface area contributed by atoms with Gasteiger partial charge in [-0.2, -0.15) is 0 Å². The molecule has 1 saturated heterocycles. The van der Waals surface area contributed by atoms with Crippen LogP contribution in [0.1, 0.15) is 39.2 Å². The summed E-state index contributed by atoms with van der Waals surface area (Å²) in [6, 6.07) is 1.20. The van der Waals surface area contributed by atoms with Crippen LogP contribution in [0.4, 0.5) is 0 Å². The molecular formula is C20H37IN6O. The van der Waals surface area contributed by atoms with Gasteiger partial charge in [-0.05, 0) is 32.1 Å². The van der Waals surface area contributed by atoms with Crippen molar-refractivity contribution in [3.8, 4) is 0 Å². The van der Waals surface area contributed by atoms with Crippen molar-refractivity contribution in [2.24, 2.45) is 10.9 Å². The highest BCUT2D eigenvalue weighted by Gasteiger charge is 2.30. The summed E-state index contributed by atoms with van der Waals surface area (Å²) in [7, 11) is 1.78. The average molecular weight is 504 g/mol. The normalized spacial score (nSPS) is 23.0. The molecule has 1 aliphatic heterocycles. The summed E-state index contributed by atoms with van der Waals surface area (Å²) in [4.78, 5) is 14.1. The Labute approximate surface area is 186 Å². The second-order valence-electron chi connectivity index (χ2n) is 7.78. The van der Waals surface area contributed by atoms with E-state index in [1.165, 1.54) is 19.3 Å². The van der Waals surface area contributed by atoms with E-state index in [9.17, 15) is 0 Å². The number of aromatic nitrogens is 2. The zero-order valence-corrected chi connectivity index (χ0v) is 19.9. The average Bonchev–Trinajstić information content (AvgIpc) is 3.38. The Kier molecular flexibility index (Phi) is 10.0. The minimum atomic E-state index is 0. The lowest BCUT2D eigenvalue weighted by atomic mass is 9.93. The maximum Gasteiger partial charge on any atom is 0.194 e. The van der Waals surface area contributed by atoms with Crippen LogP contribution in [-0.2, 0) is 4.74 Å². The predicted octanol–water partition coefficient (Wildman–Crippen LogP) is 2.46. The van der Waals surface area contributed by atoms with Gasteiger partial charge in [0.2, 0.25) is 0 Å². The molecule has 1 aromatic rings. The van der Waals surface area contributed by atoms with E-state index in [0.717, 1.165) is 57.9 Å². The first kappa shape index (κ1) is 23.4. The number of rotatable bonds is 9. The highest BCUT2D eigenvalue weighted by atomic mass is 127. The smallest absolute Gasteiger partial charge is 0.194 e. The van der Waals surface area contributed by atoms with Gasteiger partial charge in [0.1, 0.15) is 0 Å². The Morgan fingerprint density at radius 2 is 2.14 bits per heavy atom. The summed E-state index contributed by atoms with van der Waals surface area (Å²) in [5.41, 5.74) is 0. The third-order valence-corrected chi connectivity index (χ3v) is 5.76. The maximum atomic E-state index is 5.26. The molecule has 160 valence electrons. The first-order valence-corrected chi connectivity index (χ1v) is 10.5. The second-order valence-corrected chi connectivity index (χ2v) is 7.78. The number of imidazole rings is 1. The van der Waals surface area contributed by atoms with Gasteiger partial charge in [-0.3, -0.25) is 9.89 Å². The van der Waals surface area contributed by atoms with E-state index in [0.29, 0.717) is 12.0 Å². The Hall–Kier alpha value is -0.870. The molecule has 0 aromatic carbocycles. The van der Waals surface area contributed by atoms with Crippen LogP contribution in [0.15, 0.2) is 23.7 Å². The minimum absolute atomic E-state index is 0. The Bertz CT molecular complexity index is 577. The van der Waals surface area contributed by atoms with Crippen LogP contribution >= 0.6 is 24.0 Å². The van der Waals surface area contributed by atoms with Crippen molar-refractivity contribution in [2.45, 2.75) is 45.2 Å².